The molecule has 2 aliphatic rings. The lowest BCUT2D eigenvalue weighted by atomic mass is 9.95. The lowest BCUT2D eigenvalue weighted by Crippen LogP contribution is -2.49. The van der Waals surface area contributed by atoms with Crippen molar-refractivity contribution >= 4 is 5.57 Å². The van der Waals surface area contributed by atoms with E-state index in [1.807, 2.05) is 13.1 Å². The molecular formula is C12H14N2. The summed E-state index contributed by atoms with van der Waals surface area (Å²) >= 11 is 0. The minimum atomic E-state index is 0.714. The summed E-state index contributed by atoms with van der Waals surface area (Å²) in [7, 11) is 0. The topological polar surface area (TPSA) is 24.9 Å². The summed E-state index contributed by atoms with van der Waals surface area (Å²) in [6, 6.07) is 4.98. The molecule has 14 heavy (non-hydrogen) atoms. The van der Waals surface area contributed by atoms with Gasteiger partial charge in [0.25, 0.3) is 0 Å². The van der Waals surface area contributed by atoms with E-state index in [-0.39, 0.29) is 0 Å². The van der Waals surface area contributed by atoms with E-state index >= 15 is 0 Å². The molecule has 2 heteroatoms. The van der Waals surface area contributed by atoms with E-state index in [9.17, 15) is 0 Å². The molecule has 1 N–H and O–H groups in total. The molecule has 1 aliphatic carbocycles. The Bertz CT molecular complexity index is 378. The zero-order valence-corrected chi connectivity index (χ0v) is 8.33. The van der Waals surface area contributed by atoms with Gasteiger partial charge in [-0.25, -0.2) is 0 Å². The lowest BCUT2D eigenvalue weighted by molar-refractivity contribution is 0.306. The zero-order chi connectivity index (χ0) is 9.54. The normalized spacial score (nSPS) is 29.4. The first-order valence-corrected chi connectivity index (χ1v) is 5.20. The van der Waals surface area contributed by atoms with Crippen LogP contribution in [0.1, 0.15) is 17.7 Å². The summed E-state index contributed by atoms with van der Waals surface area (Å²) in [5.74, 6) is 0.784. The van der Waals surface area contributed by atoms with Crippen molar-refractivity contribution in [1.82, 2.24) is 10.3 Å². The minimum Gasteiger partial charge on any atom is -0.312 e. The van der Waals surface area contributed by atoms with Crippen LogP contribution in [0.5, 0.6) is 0 Å². The number of aryl methyl sites for hydroxylation is 1. The largest absolute Gasteiger partial charge is 0.312 e. The van der Waals surface area contributed by atoms with Crippen molar-refractivity contribution in [2.75, 3.05) is 6.54 Å². The molecule has 3 rings (SSSR count). The van der Waals surface area contributed by atoms with Gasteiger partial charge in [-0.15, -0.1) is 0 Å². The maximum atomic E-state index is 4.33. The first kappa shape index (κ1) is 8.18. The summed E-state index contributed by atoms with van der Waals surface area (Å²) in [6.07, 6.45) is 5.58. The van der Waals surface area contributed by atoms with Gasteiger partial charge < -0.3 is 5.32 Å². The molecule has 0 amide bonds. The van der Waals surface area contributed by atoms with Crippen LogP contribution >= 0.6 is 0 Å². The van der Waals surface area contributed by atoms with Gasteiger partial charge in [0.15, 0.2) is 0 Å². The number of rotatable bonds is 1. The van der Waals surface area contributed by atoms with Crippen molar-refractivity contribution in [3.8, 4) is 0 Å². The summed E-state index contributed by atoms with van der Waals surface area (Å²) in [4.78, 5) is 4.33. The Morgan fingerprint density at radius 2 is 2.36 bits per heavy atom. The lowest BCUT2D eigenvalue weighted by Gasteiger charge is -2.31. The summed E-state index contributed by atoms with van der Waals surface area (Å²) in [5, 5.41) is 3.45. The maximum absolute atomic E-state index is 4.33. The fourth-order valence-electron chi connectivity index (χ4n) is 2.25. The van der Waals surface area contributed by atoms with E-state index in [0.717, 1.165) is 18.2 Å². The van der Waals surface area contributed by atoms with Gasteiger partial charge in [0.05, 0.1) is 0 Å². The van der Waals surface area contributed by atoms with Crippen LogP contribution in [0.25, 0.3) is 5.57 Å². The van der Waals surface area contributed by atoms with Crippen LogP contribution < -0.4 is 5.32 Å². The van der Waals surface area contributed by atoms with Crippen molar-refractivity contribution in [2.45, 2.75) is 19.4 Å². The molecule has 2 atom stereocenters. The molecule has 0 bridgehead atoms. The van der Waals surface area contributed by atoms with E-state index in [1.165, 1.54) is 17.6 Å². The third-order valence-electron chi connectivity index (χ3n) is 3.27. The highest BCUT2D eigenvalue weighted by atomic mass is 15.0. The standard InChI is InChI=1S/C12H14N2/c1-8-2-3-9(6-13-8)10-4-11-7-14-12(11)5-10/h2-4,6,11-12,14H,5,7H2,1H3/t11-,12-/m0/s1. The highest BCUT2D eigenvalue weighted by Gasteiger charge is 2.34. The molecule has 0 radical (unpaired) electrons. The second-order valence-corrected chi connectivity index (χ2v) is 4.26. The van der Waals surface area contributed by atoms with Gasteiger partial charge in [-0.1, -0.05) is 12.1 Å². The summed E-state index contributed by atoms with van der Waals surface area (Å²) in [6.45, 7) is 3.19. The van der Waals surface area contributed by atoms with Crippen LogP contribution in [0.2, 0.25) is 0 Å². The number of hydrogen-bond acceptors (Lipinski definition) is 2. The summed E-state index contributed by atoms with van der Waals surface area (Å²) in [5.41, 5.74) is 3.86. The van der Waals surface area contributed by atoms with Gasteiger partial charge in [-0.3, -0.25) is 4.98 Å². The first-order valence-electron chi connectivity index (χ1n) is 5.20. The molecule has 2 heterocycles. The van der Waals surface area contributed by atoms with Gasteiger partial charge in [-0.2, -0.15) is 0 Å². The van der Waals surface area contributed by atoms with Crippen LogP contribution in [-0.4, -0.2) is 17.6 Å². The van der Waals surface area contributed by atoms with E-state index < -0.39 is 0 Å². The van der Waals surface area contributed by atoms with Crippen molar-refractivity contribution in [1.29, 1.82) is 0 Å². The molecular weight excluding hydrogens is 172 g/mol. The second-order valence-electron chi connectivity index (χ2n) is 4.26. The number of nitrogens with zero attached hydrogens (tertiary/aromatic N) is 1. The molecule has 0 aromatic carbocycles. The predicted octanol–water partition coefficient (Wildman–Crippen LogP) is 1.77. The molecule has 72 valence electrons. The Balaban J connectivity index is 1.89. The third kappa shape index (κ3) is 1.18. The van der Waals surface area contributed by atoms with Crippen molar-refractivity contribution in [3.05, 3.63) is 35.7 Å². The number of hydrogen-bond donors (Lipinski definition) is 1. The molecule has 0 spiro atoms. The Kier molecular flexibility index (Phi) is 1.71. The Hall–Kier alpha value is -1.15. The third-order valence-corrected chi connectivity index (χ3v) is 3.27. The van der Waals surface area contributed by atoms with Crippen molar-refractivity contribution in [2.24, 2.45) is 5.92 Å². The van der Waals surface area contributed by atoms with Gasteiger partial charge in [0.1, 0.15) is 0 Å². The van der Waals surface area contributed by atoms with Crippen LogP contribution in [0, 0.1) is 12.8 Å². The molecule has 1 fully saturated rings. The fraction of sp³-hybridized carbons (Fsp3) is 0.417. The maximum Gasteiger partial charge on any atom is 0.0373 e. The van der Waals surface area contributed by atoms with Crippen LogP contribution in [-0.2, 0) is 0 Å². The molecule has 0 saturated carbocycles. The quantitative estimate of drug-likeness (QED) is 0.723. The number of pyridine rings is 1. The smallest absolute Gasteiger partial charge is 0.0373 e. The molecule has 2 nitrogen and oxygen atoms in total. The first-order chi connectivity index (χ1) is 6.83. The minimum absolute atomic E-state index is 0.714. The van der Waals surface area contributed by atoms with E-state index in [0.29, 0.717) is 6.04 Å². The zero-order valence-electron chi connectivity index (χ0n) is 8.33. The van der Waals surface area contributed by atoms with Crippen molar-refractivity contribution in [3.63, 3.8) is 0 Å². The SMILES string of the molecule is Cc1ccc(C2=C[C@H]3CN[C@H]3C2)cn1. The molecule has 1 saturated heterocycles. The molecule has 1 aromatic rings. The van der Waals surface area contributed by atoms with Crippen LogP contribution in [0.15, 0.2) is 24.4 Å². The van der Waals surface area contributed by atoms with E-state index in [2.05, 4.69) is 28.5 Å². The molecule has 1 aromatic heterocycles. The molecule has 1 aliphatic heterocycles. The number of fused-ring (bicyclic) bond motifs is 1. The van der Waals surface area contributed by atoms with Gasteiger partial charge in [-0.05, 0) is 30.5 Å². The molecule has 0 unspecified atom stereocenters. The average Bonchev–Trinajstić information content (AvgIpc) is 2.45. The Morgan fingerprint density at radius 1 is 1.43 bits per heavy atom. The van der Waals surface area contributed by atoms with Gasteiger partial charge in [0, 0.05) is 30.4 Å². The Labute approximate surface area is 84.1 Å². The highest BCUT2D eigenvalue weighted by molar-refractivity contribution is 5.68. The van der Waals surface area contributed by atoms with Crippen LogP contribution in [0.4, 0.5) is 0 Å². The number of nitrogens with one attached hydrogen (secondary N) is 1. The highest BCUT2D eigenvalue weighted by Crippen LogP contribution is 2.35. The van der Waals surface area contributed by atoms with Crippen LogP contribution in [0.3, 0.4) is 0 Å². The van der Waals surface area contributed by atoms with Gasteiger partial charge in [0.2, 0.25) is 0 Å². The fourth-order valence-corrected chi connectivity index (χ4v) is 2.25. The monoisotopic (exact) mass is 186 g/mol. The van der Waals surface area contributed by atoms with E-state index in [1.54, 1.807) is 0 Å². The van der Waals surface area contributed by atoms with Gasteiger partial charge >= 0.3 is 0 Å². The predicted molar refractivity (Wildman–Crippen MR) is 56.8 cm³/mol. The average molecular weight is 186 g/mol. The van der Waals surface area contributed by atoms with E-state index in [4.69, 9.17) is 0 Å². The summed E-state index contributed by atoms with van der Waals surface area (Å²) < 4.78 is 0. The Morgan fingerprint density at radius 3 is 2.86 bits per heavy atom. The second kappa shape index (κ2) is 2.92. The number of aromatic nitrogens is 1. The van der Waals surface area contributed by atoms with Crippen molar-refractivity contribution < 1.29 is 0 Å².